The molecule has 0 aliphatic carbocycles. The van der Waals surface area contributed by atoms with E-state index in [0.717, 1.165) is 44.8 Å². The number of aryl methyl sites for hydroxylation is 1. The number of carbonyl (C=O) groups is 1. The molecule has 176 valence electrons. The molecule has 1 unspecified atom stereocenters. The quantitative estimate of drug-likeness (QED) is 0.304. The van der Waals surface area contributed by atoms with Gasteiger partial charge in [-0.05, 0) is 73.2 Å². The third-order valence-electron chi connectivity index (χ3n) is 6.62. The molecule has 1 aromatic heterocycles. The summed E-state index contributed by atoms with van der Waals surface area (Å²) in [4.78, 5) is 23.0. The van der Waals surface area contributed by atoms with E-state index in [-0.39, 0.29) is 6.61 Å². The first-order chi connectivity index (χ1) is 17.0. The second-order valence-corrected chi connectivity index (χ2v) is 9.05. The zero-order valence-corrected chi connectivity index (χ0v) is 20.7. The number of hydrogen-bond acceptors (Lipinski definition) is 5. The molecule has 0 amide bonds. The van der Waals surface area contributed by atoms with Gasteiger partial charge in [-0.3, -0.25) is 0 Å². The highest BCUT2D eigenvalue weighted by Crippen LogP contribution is 2.47. The van der Waals surface area contributed by atoms with Gasteiger partial charge in [-0.15, -0.1) is 0 Å². The summed E-state index contributed by atoms with van der Waals surface area (Å²) in [6.45, 7) is 6.25. The lowest BCUT2D eigenvalue weighted by atomic mass is 9.70. The summed E-state index contributed by atoms with van der Waals surface area (Å²) >= 11 is 6.13. The van der Waals surface area contributed by atoms with Crippen molar-refractivity contribution in [1.82, 2.24) is 4.98 Å². The van der Waals surface area contributed by atoms with Crippen molar-refractivity contribution < 1.29 is 9.53 Å². The number of carbonyl (C=O) groups excluding carboxylic acids is 1. The summed E-state index contributed by atoms with van der Waals surface area (Å²) in [7, 11) is 0. The van der Waals surface area contributed by atoms with Gasteiger partial charge in [0.1, 0.15) is 11.5 Å². The van der Waals surface area contributed by atoms with Crippen LogP contribution in [0.15, 0.2) is 77.8 Å². The van der Waals surface area contributed by atoms with Gasteiger partial charge in [0.15, 0.2) is 0 Å². The first-order valence-electron chi connectivity index (χ1n) is 11.8. The molecule has 0 fully saturated rings. The monoisotopic (exact) mass is 483 g/mol. The Bertz CT molecular complexity index is 1450. The number of ether oxygens (including phenoxy) is 1. The van der Waals surface area contributed by atoms with E-state index in [9.17, 15) is 4.79 Å². The van der Waals surface area contributed by atoms with Crippen LogP contribution in [-0.4, -0.2) is 23.4 Å². The highest BCUT2D eigenvalue weighted by molar-refractivity contribution is 6.30. The number of amidine groups is 1. The van der Waals surface area contributed by atoms with Crippen LogP contribution >= 0.6 is 11.6 Å². The molecule has 1 N–H and O–H groups in total. The van der Waals surface area contributed by atoms with Crippen LogP contribution in [0.1, 0.15) is 47.6 Å². The normalized spacial score (nSPS) is 16.6. The maximum Gasteiger partial charge on any atom is 0.356 e. The Balaban J connectivity index is 1.84. The summed E-state index contributed by atoms with van der Waals surface area (Å²) in [5.41, 5.74) is 4.19. The van der Waals surface area contributed by atoms with Gasteiger partial charge in [-0.2, -0.15) is 0 Å². The van der Waals surface area contributed by atoms with E-state index in [1.54, 1.807) is 6.92 Å². The average Bonchev–Trinajstić information content (AvgIpc) is 2.88. The van der Waals surface area contributed by atoms with Crippen molar-refractivity contribution in [1.29, 1.82) is 0 Å². The standard InChI is InChI=1S/C29H26ClN3O2/c1-4-29(19-9-7-6-8-10-19)26-25-22(17-24(32-26)27(34)35-5-2)18(3)11-16-23(25)33-28(29)31-21-14-12-20(30)13-15-21/h6-17H,4-5H2,1-3H3,(H,31,33). The lowest BCUT2D eigenvalue weighted by molar-refractivity contribution is 0.0519. The van der Waals surface area contributed by atoms with Crippen molar-refractivity contribution in [3.8, 4) is 0 Å². The van der Waals surface area contributed by atoms with Crippen LogP contribution in [0.3, 0.4) is 0 Å². The number of rotatable bonds is 5. The lowest BCUT2D eigenvalue weighted by Gasteiger charge is -2.38. The third-order valence-corrected chi connectivity index (χ3v) is 6.87. The van der Waals surface area contributed by atoms with Gasteiger partial charge in [0, 0.05) is 16.1 Å². The Morgan fingerprint density at radius 3 is 2.46 bits per heavy atom. The molecular weight excluding hydrogens is 458 g/mol. The van der Waals surface area contributed by atoms with Crippen molar-refractivity contribution in [3.05, 3.63) is 100 Å². The van der Waals surface area contributed by atoms with Crippen LogP contribution in [0.5, 0.6) is 0 Å². The molecule has 35 heavy (non-hydrogen) atoms. The lowest BCUT2D eigenvalue weighted by Crippen LogP contribution is -2.43. The Morgan fingerprint density at radius 2 is 1.77 bits per heavy atom. The van der Waals surface area contributed by atoms with Gasteiger partial charge in [0.25, 0.3) is 0 Å². The molecule has 0 bridgehead atoms. The average molecular weight is 484 g/mol. The largest absolute Gasteiger partial charge is 0.461 e. The van der Waals surface area contributed by atoms with Gasteiger partial charge in [0.05, 0.1) is 23.4 Å². The minimum absolute atomic E-state index is 0.287. The van der Waals surface area contributed by atoms with Gasteiger partial charge >= 0.3 is 5.97 Å². The Kier molecular flexibility index (Phi) is 6.03. The third kappa shape index (κ3) is 3.86. The minimum atomic E-state index is -0.706. The van der Waals surface area contributed by atoms with E-state index in [4.69, 9.17) is 26.3 Å². The maximum atomic E-state index is 12.9. The topological polar surface area (TPSA) is 63.6 Å². The van der Waals surface area contributed by atoms with E-state index in [2.05, 4.69) is 24.4 Å². The smallest absolute Gasteiger partial charge is 0.356 e. The number of halogens is 1. The minimum Gasteiger partial charge on any atom is -0.461 e. The van der Waals surface area contributed by atoms with E-state index < -0.39 is 11.4 Å². The van der Waals surface area contributed by atoms with Crippen LogP contribution < -0.4 is 5.32 Å². The number of pyridine rings is 1. The zero-order valence-electron chi connectivity index (χ0n) is 19.9. The number of anilines is 1. The summed E-state index contributed by atoms with van der Waals surface area (Å²) in [5.74, 6) is 0.322. The summed E-state index contributed by atoms with van der Waals surface area (Å²) in [6, 6.07) is 23.6. The van der Waals surface area contributed by atoms with E-state index >= 15 is 0 Å². The molecule has 3 aromatic carbocycles. The van der Waals surface area contributed by atoms with E-state index in [1.807, 2.05) is 67.6 Å². The van der Waals surface area contributed by atoms with E-state index in [0.29, 0.717) is 17.1 Å². The van der Waals surface area contributed by atoms with Crippen LogP contribution in [0, 0.1) is 6.92 Å². The van der Waals surface area contributed by atoms with Crippen molar-refractivity contribution >= 4 is 45.6 Å². The Labute approximate surface area is 209 Å². The Morgan fingerprint density at radius 1 is 1.03 bits per heavy atom. The van der Waals surface area contributed by atoms with E-state index in [1.165, 1.54) is 0 Å². The molecular formula is C29H26ClN3O2. The molecule has 6 heteroatoms. The molecule has 0 radical (unpaired) electrons. The fourth-order valence-electron chi connectivity index (χ4n) is 4.87. The molecule has 1 atom stereocenters. The summed E-state index contributed by atoms with van der Waals surface area (Å²) in [6.07, 6.45) is 0.679. The first-order valence-corrected chi connectivity index (χ1v) is 12.1. The second kappa shape index (κ2) is 9.16. The summed E-state index contributed by atoms with van der Waals surface area (Å²) in [5, 5.41) is 6.14. The van der Waals surface area contributed by atoms with Crippen molar-refractivity contribution in [3.63, 3.8) is 0 Å². The van der Waals surface area contributed by atoms with Gasteiger partial charge < -0.3 is 10.1 Å². The highest BCUT2D eigenvalue weighted by Gasteiger charge is 2.44. The zero-order chi connectivity index (χ0) is 24.6. The number of esters is 1. The predicted molar refractivity (Wildman–Crippen MR) is 142 cm³/mol. The molecule has 4 aromatic rings. The number of nitrogens with zero attached hydrogens (tertiary/aromatic N) is 2. The maximum absolute atomic E-state index is 12.9. The van der Waals surface area contributed by atoms with Crippen LogP contribution in [0.25, 0.3) is 10.8 Å². The Hall–Kier alpha value is -3.70. The fourth-order valence-corrected chi connectivity index (χ4v) is 5.00. The molecule has 2 heterocycles. The molecule has 0 saturated heterocycles. The van der Waals surface area contributed by atoms with Crippen LogP contribution in [0.2, 0.25) is 5.02 Å². The van der Waals surface area contributed by atoms with Crippen molar-refractivity contribution in [2.24, 2.45) is 4.99 Å². The highest BCUT2D eigenvalue weighted by atomic mass is 35.5. The first kappa shape index (κ1) is 23.1. The fraction of sp³-hybridized carbons (Fsp3) is 0.207. The molecule has 5 nitrogen and oxygen atoms in total. The van der Waals surface area contributed by atoms with Gasteiger partial charge in [0.2, 0.25) is 0 Å². The summed E-state index contributed by atoms with van der Waals surface area (Å²) < 4.78 is 5.35. The van der Waals surface area contributed by atoms with Gasteiger partial charge in [-0.1, -0.05) is 54.9 Å². The number of aromatic nitrogens is 1. The second-order valence-electron chi connectivity index (χ2n) is 8.62. The molecule has 5 rings (SSSR count). The van der Waals surface area contributed by atoms with Crippen molar-refractivity contribution in [2.75, 3.05) is 11.9 Å². The molecule has 1 aliphatic rings. The number of benzene rings is 3. The number of hydrogen-bond donors (Lipinski definition) is 1. The number of nitrogens with one attached hydrogen (secondary N) is 1. The SMILES string of the molecule is CCOC(=O)c1cc2c(C)ccc3c2c(n1)C(CC)(c1ccccc1)C(Nc1ccc(Cl)cc1)=N3. The number of aliphatic imine (C=N–C) groups is 1. The molecule has 0 spiro atoms. The molecule has 1 aliphatic heterocycles. The van der Waals surface area contributed by atoms with Crippen LogP contribution in [0.4, 0.5) is 11.4 Å². The van der Waals surface area contributed by atoms with Crippen molar-refractivity contribution in [2.45, 2.75) is 32.6 Å². The molecule has 0 saturated carbocycles. The van der Waals surface area contributed by atoms with Crippen LogP contribution in [-0.2, 0) is 10.2 Å². The predicted octanol–water partition coefficient (Wildman–Crippen LogP) is 7.23. The van der Waals surface area contributed by atoms with Gasteiger partial charge in [-0.25, -0.2) is 14.8 Å².